The molecule has 0 aliphatic heterocycles. The highest BCUT2D eigenvalue weighted by Gasteiger charge is 2.14. The lowest BCUT2D eigenvalue weighted by atomic mass is 10.1. The van der Waals surface area contributed by atoms with Crippen molar-refractivity contribution in [3.63, 3.8) is 0 Å². The van der Waals surface area contributed by atoms with Crippen LogP contribution in [0.3, 0.4) is 0 Å². The van der Waals surface area contributed by atoms with E-state index in [0.717, 1.165) is 0 Å². The van der Waals surface area contributed by atoms with Gasteiger partial charge in [0.15, 0.2) is 5.15 Å². The minimum atomic E-state index is -0.446. The Morgan fingerprint density at radius 3 is 2.81 bits per heavy atom. The van der Waals surface area contributed by atoms with Crippen LogP contribution < -0.4 is 10.3 Å². The molecule has 0 amide bonds. The number of nitro groups is 1. The predicted octanol–water partition coefficient (Wildman–Crippen LogP) is 2.06. The third-order valence-electron chi connectivity index (χ3n) is 2.97. The summed E-state index contributed by atoms with van der Waals surface area (Å²) >= 11 is 5.75. The first kappa shape index (κ1) is 15.0. The number of hydrogen-bond acceptors (Lipinski definition) is 5. The van der Waals surface area contributed by atoms with Crippen molar-refractivity contribution in [3.05, 3.63) is 61.8 Å². The maximum atomic E-state index is 12.0. The first-order valence-electron chi connectivity index (χ1n) is 6.05. The van der Waals surface area contributed by atoms with Crippen LogP contribution in [0.4, 0.5) is 5.69 Å². The molecule has 0 unspecified atom stereocenters. The van der Waals surface area contributed by atoms with Gasteiger partial charge in [-0.3, -0.25) is 19.5 Å². The van der Waals surface area contributed by atoms with Crippen molar-refractivity contribution in [1.82, 2.24) is 9.55 Å². The summed E-state index contributed by atoms with van der Waals surface area (Å²) in [5.74, 6) is -0.0401. The third kappa shape index (κ3) is 3.19. The maximum Gasteiger partial charge on any atom is 0.297 e. The molecule has 0 radical (unpaired) electrons. The number of nitro benzene ring substituents is 1. The molecule has 7 nitrogen and oxygen atoms in total. The molecule has 21 heavy (non-hydrogen) atoms. The van der Waals surface area contributed by atoms with Gasteiger partial charge in [-0.05, 0) is 6.42 Å². The molecule has 1 aromatic carbocycles. The topological polar surface area (TPSA) is 87.3 Å². The quantitative estimate of drug-likeness (QED) is 0.479. The summed E-state index contributed by atoms with van der Waals surface area (Å²) in [5, 5.41) is 10.9. The van der Waals surface area contributed by atoms with Crippen LogP contribution in [0.1, 0.15) is 5.56 Å². The molecule has 1 aromatic heterocycles. The summed E-state index contributed by atoms with van der Waals surface area (Å²) < 4.78 is 6.20. The number of para-hydroxylation sites is 1. The summed E-state index contributed by atoms with van der Waals surface area (Å²) in [6, 6.07) is 6.40. The Bertz CT molecular complexity index is 730. The molecule has 8 heteroatoms. The smallest absolute Gasteiger partial charge is 0.297 e. The van der Waals surface area contributed by atoms with Gasteiger partial charge in [-0.15, -0.1) is 0 Å². The van der Waals surface area contributed by atoms with E-state index in [2.05, 4.69) is 4.98 Å². The zero-order chi connectivity index (χ0) is 15.4. The molecule has 110 valence electrons. The van der Waals surface area contributed by atoms with Gasteiger partial charge >= 0.3 is 0 Å². The number of hydrogen-bond donors (Lipinski definition) is 0. The predicted molar refractivity (Wildman–Crippen MR) is 76.9 cm³/mol. The van der Waals surface area contributed by atoms with Crippen molar-refractivity contribution in [2.24, 2.45) is 0 Å². The fraction of sp³-hybridized carbons (Fsp3) is 0.231. The Morgan fingerprint density at radius 2 is 2.14 bits per heavy atom. The zero-order valence-electron chi connectivity index (χ0n) is 11.2. The van der Waals surface area contributed by atoms with Gasteiger partial charge in [-0.25, -0.2) is 4.98 Å². The van der Waals surface area contributed by atoms with Crippen LogP contribution in [0.15, 0.2) is 35.4 Å². The van der Waals surface area contributed by atoms with E-state index in [1.54, 1.807) is 18.2 Å². The summed E-state index contributed by atoms with van der Waals surface area (Å²) in [4.78, 5) is 26.4. The summed E-state index contributed by atoms with van der Waals surface area (Å²) in [6.45, 7) is 0.240. The van der Waals surface area contributed by atoms with Crippen molar-refractivity contribution < 1.29 is 9.66 Å². The average molecular weight is 310 g/mol. The van der Waals surface area contributed by atoms with Crippen molar-refractivity contribution in [1.29, 1.82) is 0 Å². The molecule has 0 saturated heterocycles. The Hall–Kier alpha value is -2.41. The van der Waals surface area contributed by atoms with Gasteiger partial charge < -0.3 is 4.74 Å². The molecule has 2 rings (SSSR count). The normalized spacial score (nSPS) is 10.4. The molecule has 2 aromatic rings. The van der Waals surface area contributed by atoms with E-state index >= 15 is 0 Å². The summed E-state index contributed by atoms with van der Waals surface area (Å²) in [7, 11) is 1.33. The van der Waals surface area contributed by atoms with Gasteiger partial charge in [0, 0.05) is 18.2 Å². The lowest BCUT2D eigenvalue weighted by Crippen LogP contribution is -2.23. The first-order valence-corrected chi connectivity index (χ1v) is 6.43. The lowest BCUT2D eigenvalue weighted by Gasteiger charge is -2.08. The molecular weight excluding hydrogens is 298 g/mol. The van der Waals surface area contributed by atoms with E-state index in [1.807, 2.05) is 0 Å². The van der Waals surface area contributed by atoms with Gasteiger partial charge in [0.1, 0.15) is 0 Å². The SMILES string of the molecule is COc1c(Cl)ncn(CCc2ccccc2[N+](=O)[O-])c1=O. The van der Waals surface area contributed by atoms with Crippen LogP contribution in [0.2, 0.25) is 5.15 Å². The van der Waals surface area contributed by atoms with Crippen LogP contribution in [0.5, 0.6) is 5.75 Å². The first-order chi connectivity index (χ1) is 10.0. The largest absolute Gasteiger partial charge is 0.489 e. The van der Waals surface area contributed by atoms with Gasteiger partial charge in [0.05, 0.1) is 18.4 Å². The molecule has 0 spiro atoms. The van der Waals surface area contributed by atoms with E-state index < -0.39 is 10.5 Å². The highest BCUT2D eigenvalue weighted by molar-refractivity contribution is 6.30. The minimum Gasteiger partial charge on any atom is -0.489 e. The van der Waals surface area contributed by atoms with Crippen LogP contribution in [-0.4, -0.2) is 21.6 Å². The van der Waals surface area contributed by atoms with E-state index in [0.29, 0.717) is 12.0 Å². The molecule has 0 bridgehead atoms. The fourth-order valence-electron chi connectivity index (χ4n) is 1.92. The second-order valence-corrected chi connectivity index (χ2v) is 4.56. The number of ether oxygens (including phenoxy) is 1. The highest BCUT2D eigenvalue weighted by atomic mass is 35.5. The van der Waals surface area contributed by atoms with Gasteiger partial charge in [-0.2, -0.15) is 0 Å². The Kier molecular flexibility index (Phi) is 4.54. The number of nitrogens with zero attached hydrogens (tertiary/aromatic N) is 3. The molecule has 0 aliphatic rings. The summed E-state index contributed by atoms with van der Waals surface area (Å²) in [5.41, 5.74) is 0.152. The van der Waals surface area contributed by atoms with Crippen LogP contribution >= 0.6 is 11.6 Å². The molecule has 0 saturated carbocycles. The van der Waals surface area contributed by atoms with Crippen molar-refractivity contribution in [3.8, 4) is 5.75 Å². The van der Waals surface area contributed by atoms with Crippen LogP contribution in [0.25, 0.3) is 0 Å². The zero-order valence-corrected chi connectivity index (χ0v) is 11.9. The van der Waals surface area contributed by atoms with Gasteiger partial charge in [-0.1, -0.05) is 29.8 Å². The number of aryl methyl sites for hydroxylation is 2. The van der Waals surface area contributed by atoms with Crippen LogP contribution in [0, 0.1) is 10.1 Å². The van der Waals surface area contributed by atoms with E-state index in [4.69, 9.17) is 16.3 Å². The molecule has 0 N–H and O–H groups in total. The molecular formula is C13H12ClN3O4. The van der Waals surface area contributed by atoms with E-state index in [1.165, 1.54) is 24.1 Å². The molecule has 0 atom stereocenters. The Labute approximate surface area is 124 Å². The molecule has 1 heterocycles. The number of methoxy groups -OCH3 is 1. The maximum absolute atomic E-state index is 12.0. The standard InChI is InChI=1S/C13H12ClN3O4/c1-21-11-12(14)15-8-16(13(11)18)7-6-9-4-2-3-5-10(9)17(19)20/h2-5,8H,6-7H2,1H3. The second-order valence-electron chi connectivity index (χ2n) is 4.20. The van der Waals surface area contributed by atoms with Crippen molar-refractivity contribution >= 4 is 17.3 Å². The Morgan fingerprint density at radius 1 is 1.43 bits per heavy atom. The van der Waals surface area contributed by atoms with E-state index in [9.17, 15) is 14.9 Å². The third-order valence-corrected chi connectivity index (χ3v) is 3.24. The number of aromatic nitrogens is 2. The van der Waals surface area contributed by atoms with Crippen molar-refractivity contribution in [2.45, 2.75) is 13.0 Å². The van der Waals surface area contributed by atoms with Crippen molar-refractivity contribution in [2.75, 3.05) is 7.11 Å². The molecule has 0 aliphatic carbocycles. The monoisotopic (exact) mass is 309 g/mol. The average Bonchev–Trinajstić information content (AvgIpc) is 2.47. The number of halogens is 1. The highest BCUT2D eigenvalue weighted by Crippen LogP contribution is 2.19. The lowest BCUT2D eigenvalue weighted by molar-refractivity contribution is -0.385. The second kappa shape index (κ2) is 6.36. The van der Waals surface area contributed by atoms with Crippen LogP contribution in [-0.2, 0) is 13.0 Å². The van der Waals surface area contributed by atoms with E-state index in [-0.39, 0.29) is 23.1 Å². The van der Waals surface area contributed by atoms with Gasteiger partial charge in [0.25, 0.3) is 11.2 Å². The molecule has 0 fully saturated rings. The minimum absolute atomic E-state index is 0.00978. The van der Waals surface area contributed by atoms with Gasteiger partial charge in [0.2, 0.25) is 5.75 Å². The number of rotatable bonds is 5. The number of benzene rings is 1. The fourth-order valence-corrected chi connectivity index (χ4v) is 2.12. The Balaban J connectivity index is 2.26. The summed E-state index contributed by atoms with van der Waals surface area (Å²) in [6.07, 6.45) is 1.62.